The summed E-state index contributed by atoms with van der Waals surface area (Å²) in [6, 6.07) is 15.7. The number of hydrogen-bond donors (Lipinski definition) is 1. The first-order chi connectivity index (χ1) is 15.7. The normalized spacial score (nSPS) is 12.3. The minimum atomic E-state index is -0.528. The molecule has 32 heavy (non-hydrogen) atoms. The van der Waals surface area contributed by atoms with Crippen LogP contribution in [0.3, 0.4) is 0 Å². The second-order valence-electron chi connectivity index (χ2n) is 7.22. The molecular weight excluding hydrogens is 424 g/mol. The van der Waals surface area contributed by atoms with Gasteiger partial charge in [0.25, 0.3) is 5.22 Å². The van der Waals surface area contributed by atoms with E-state index in [4.69, 9.17) is 4.42 Å². The quantitative estimate of drug-likeness (QED) is 0.278. The number of aryl methyl sites for hydroxylation is 1. The molecule has 0 radical (unpaired) electrons. The smallest absolute Gasteiger partial charge is 0.277 e. The molecule has 8 nitrogen and oxygen atoms in total. The van der Waals surface area contributed by atoms with E-state index >= 15 is 0 Å². The molecule has 1 atom stereocenters. The summed E-state index contributed by atoms with van der Waals surface area (Å²) >= 11 is 1.25. The maximum Gasteiger partial charge on any atom is 0.277 e. The molecule has 0 spiro atoms. The van der Waals surface area contributed by atoms with Crippen LogP contribution < -0.4 is 0 Å². The van der Waals surface area contributed by atoms with E-state index in [0.29, 0.717) is 23.2 Å². The van der Waals surface area contributed by atoms with Gasteiger partial charge in [0.05, 0.1) is 0 Å². The second kappa shape index (κ2) is 8.80. The predicted octanol–water partition coefficient (Wildman–Crippen LogP) is 4.47. The molecule has 3 aromatic heterocycles. The largest absolute Gasteiger partial charge is 0.414 e. The summed E-state index contributed by atoms with van der Waals surface area (Å²) in [6.45, 7) is 2.42. The van der Waals surface area contributed by atoms with Crippen LogP contribution >= 0.6 is 11.8 Å². The van der Waals surface area contributed by atoms with Crippen molar-refractivity contribution in [2.45, 2.75) is 30.4 Å². The third-order valence-corrected chi connectivity index (χ3v) is 6.31. The van der Waals surface area contributed by atoms with E-state index in [1.165, 1.54) is 23.7 Å². The van der Waals surface area contributed by atoms with Gasteiger partial charge in [-0.1, -0.05) is 55.5 Å². The van der Waals surface area contributed by atoms with E-state index in [1.807, 2.05) is 42.5 Å². The summed E-state index contributed by atoms with van der Waals surface area (Å²) in [5, 5.41) is 13.0. The molecule has 0 aliphatic rings. The molecule has 0 aliphatic carbocycles. The number of ketones is 1. The number of fused-ring (bicyclic) bond motifs is 1. The topological polar surface area (TPSA) is 102 Å². The summed E-state index contributed by atoms with van der Waals surface area (Å²) in [5.41, 5.74) is 3.71. The molecule has 1 N–H and O–H groups in total. The number of para-hydroxylation sites is 1. The maximum atomic E-state index is 13.7. The highest BCUT2D eigenvalue weighted by Crippen LogP contribution is 2.38. The Bertz CT molecular complexity index is 1340. The van der Waals surface area contributed by atoms with Crippen molar-refractivity contribution < 1.29 is 9.21 Å². The van der Waals surface area contributed by atoms with Crippen LogP contribution in [-0.4, -0.2) is 35.7 Å². The number of carbonyl (C=O) groups excluding carboxylic acids is 1. The van der Waals surface area contributed by atoms with Crippen LogP contribution in [0, 0.1) is 0 Å². The van der Waals surface area contributed by atoms with Gasteiger partial charge in [-0.25, -0.2) is 9.67 Å². The van der Waals surface area contributed by atoms with Crippen molar-refractivity contribution in [3.63, 3.8) is 0 Å². The number of aromatic nitrogens is 6. The Morgan fingerprint density at radius 3 is 2.81 bits per heavy atom. The summed E-state index contributed by atoms with van der Waals surface area (Å²) in [5.74, 6) is 0.383. The first kappa shape index (κ1) is 20.2. The van der Waals surface area contributed by atoms with Crippen molar-refractivity contribution in [2.24, 2.45) is 0 Å². The van der Waals surface area contributed by atoms with Crippen LogP contribution in [0.15, 0.2) is 77.0 Å². The number of thioether (sulfide) groups is 1. The number of carbonyl (C=O) groups is 1. The lowest BCUT2D eigenvalue weighted by Crippen LogP contribution is -2.09. The average molecular weight is 445 g/mol. The first-order valence-electron chi connectivity index (χ1n) is 10.2. The van der Waals surface area contributed by atoms with Crippen LogP contribution in [0.5, 0.6) is 0 Å². The maximum absolute atomic E-state index is 13.7. The summed E-state index contributed by atoms with van der Waals surface area (Å²) in [7, 11) is 0. The van der Waals surface area contributed by atoms with Gasteiger partial charge in [0, 0.05) is 22.7 Å². The number of H-pyrrole nitrogens is 1. The van der Waals surface area contributed by atoms with Gasteiger partial charge in [-0.05, 0) is 29.3 Å². The molecule has 5 aromatic rings. The van der Waals surface area contributed by atoms with Gasteiger partial charge >= 0.3 is 0 Å². The van der Waals surface area contributed by atoms with Gasteiger partial charge in [0.15, 0.2) is 5.78 Å². The second-order valence-corrected chi connectivity index (χ2v) is 8.28. The number of hydrogen-bond acceptors (Lipinski definition) is 7. The van der Waals surface area contributed by atoms with Crippen molar-refractivity contribution in [1.82, 2.24) is 29.9 Å². The summed E-state index contributed by atoms with van der Waals surface area (Å²) in [4.78, 5) is 20.9. The number of nitrogens with one attached hydrogen (secondary N) is 1. The Morgan fingerprint density at radius 1 is 1.16 bits per heavy atom. The standard InChI is InChI=1S/C23H20N6O2S/c1-2-15-9-6-10-17-18(11-25-20(15)17)21(30)22(16-7-4-3-5-8-16)32-23-28-27-19(31-23)12-29-14-24-13-26-29/h3-11,13-14,22,25H,2,12H2,1H3. The lowest BCUT2D eigenvalue weighted by atomic mass is 10.0. The lowest BCUT2D eigenvalue weighted by molar-refractivity contribution is 0.0990. The third-order valence-electron chi connectivity index (χ3n) is 5.22. The number of benzene rings is 2. The zero-order valence-corrected chi connectivity index (χ0v) is 18.1. The average Bonchev–Trinajstić information content (AvgIpc) is 3.59. The highest BCUT2D eigenvalue weighted by atomic mass is 32.2. The number of nitrogens with zero attached hydrogens (tertiary/aromatic N) is 5. The van der Waals surface area contributed by atoms with Crippen molar-refractivity contribution in [3.8, 4) is 0 Å². The fraction of sp³-hybridized carbons (Fsp3) is 0.174. The zero-order chi connectivity index (χ0) is 21.9. The molecule has 2 aromatic carbocycles. The molecule has 0 saturated carbocycles. The van der Waals surface area contributed by atoms with Gasteiger partial charge in [0.2, 0.25) is 5.89 Å². The Kier molecular flexibility index (Phi) is 5.55. The van der Waals surface area contributed by atoms with E-state index in [-0.39, 0.29) is 5.78 Å². The van der Waals surface area contributed by atoms with E-state index in [9.17, 15) is 4.79 Å². The van der Waals surface area contributed by atoms with E-state index in [1.54, 1.807) is 17.2 Å². The van der Waals surface area contributed by atoms with Crippen molar-refractivity contribution in [1.29, 1.82) is 0 Å². The Morgan fingerprint density at radius 2 is 2.03 bits per heavy atom. The molecular formula is C23H20N6O2S. The zero-order valence-electron chi connectivity index (χ0n) is 17.3. The number of rotatable bonds is 8. The van der Waals surface area contributed by atoms with Gasteiger partial charge < -0.3 is 9.40 Å². The highest BCUT2D eigenvalue weighted by Gasteiger charge is 2.28. The molecule has 160 valence electrons. The molecule has 1 unspecified atom stereocenters. The number of aromatic amines is 1. The fourth-order valence-corrected chi connectivity index (χ4v) is 4.62. The van der Waals surface area contributed by atoms with Crippen molar-refractivity contribution in [2.75, 3.05) is 0 Å². The van der Waals surface area contributed by atoms with Gasteiger partial charge in [-0.15, -0.1) is 10.2 Å². The third kappa shape index (κ3) is 3.94. The van der Waals surface area contributed by atoms with E-state index < -0.39 is 5.25 Å². The van der Waals surface area contributed by atoms with E-state index in [2.05, 4.69) is 38.3 Å². The predicted molar refractivity (Wildman–Crippen MR) is 120 cm³/mol. The monoisotopic (exact) mass is 444 g/mol. The molecule has 0 aliphatic heterocycles. The van der Waals surface area contributed by atoms with Gasteiger partial charge in [-0.3, -0.25) is 4.79 Å². The fourth-order valence-electron chi connectivity index (χ4n) is 3.66. The van der Waals surface area contributed by atoms with Crippen LogP contribution in [-0.2, 0) is 13.0 Å². The Balaban J connectivity index is 1.47. The molecule has 9 heteroatoms. The summed E-state index contributed by atoms with van der Waals surface area (Å²) < 4.78 is 7.39. The van der Waals surface area contributed by atoms with E-state index in [0.717, 1.165) is 22.9 Å². The van der Waals surface area contributed by atoms with Crippen LogP contribution in [0.1, 0.15) is 39.5 Å². The van der Waals surface area contributed by atoms with Crippen molar-refractivity contribution >= 4 is 28.4 Å². The van der Waals surface area contributed by atoms with Gasteiger partial charge in [-0.2, -0.15) is 5.10 Å². The highest BCUT2D eigenvalue weighted by molar-refractivity contribution is 8.00. The summed E-state index contributed by atoms with van der Waals surface area (Å²) in [6.07, 6.45) is 5.71. The molecule has 0 fully saturated rings. The molecule has 0 amide bonds. The molecule has 0 saturated heterocycles. The van der Waals surface area contributed by atoms with Crippen LogP contribution in [0.4, 0.5) is 0 Å². The van der Waals surface area contributed by atoms with Gasteiger partial charge in [0.1, 0.15) is 24.4 Å². The lowest BCUT2D eigenvalue weighted by Gasteiger charge is -2.13. The minimum absolute atomic E-state index is 0.0169. The Labute approximate surface area is 188 Å². The molecule has 5 rings (SSSR count). The van der Waals surface area contributed by atoms with Crippen molar-refractivity contribution in [3.05, 3.63) is 90.0 Å². The first-order valence-corrected chi connectivity index (χ1v) is 11.1. The van der Waals surface area contributed by atoms with Crippen LogP contribution in [0.2, 0.25) is 0 Å². The molecule has 0 bridgehead atoms. The minimum Gasteiger partial charge on any atom is -0.414 e. The molecule has 3 heterocycles. The number of Topliss-reactive ketones (excluding diaryl/α,β-unsaturated/α-hetero) is 1. The van der Waals surface area contributed by atoms with Crippen LogP contribution in [0.25, 0.3) is 10.9 Å². The SMILES string of the molecule is CCc1cccc2c(C(=O)C(Sc3nnc(Cn4cncn4)o3)c3ccccc3)c[nH]c12. The Hall–Kier alpha value is -3.72.